The maximum Gasteiger partial charge on any atom is 0.248 e. The number of primary amides is 1. The van der Waals surface area contributed by atoms with E-state index >= 15 is 0 Å². The summed E-state index contributed by atoms with van der Waals surface area (Å²) in [6, 6.07) is 10.8. The number of benzene rings is 2. The Bertz CT molecular complexity index is 986. The SMILES string of the molecule is COc1ccc(Cl)cc1C1(CNS(=O)(=O)c2ccc(C(N)=O)cc2)CCOCC1. The molecule has 1 saturated heterocycles. The largest absolute Gasteiger partial charge is 0.496 e. The Balaban J connectivity index is 1.90. The zero-order chi connectivity index (χ0) is 21.1. The fourth-order valence-corrected chi connectivity index (χ4v) is 4.81. The average Bonchev–Trinajstić information content (AvgIpc) is 2.73. The number of rotatable bonds is 7. The molecule has 0 radical (unpaired) electrons. The van der Waals surface area contributed by atoms with Gasteiger partial charge in [0.15, 0.2) is 0 Å². The molecule has 0 bridgehead atoms. The number of carbonyl (C=O) groups is 1. The first-order chi connectivity index (χ1) is 13.8. The number of amides is 1. The molecule has 29 heavy (non-hydrogen) atoms. The molecule has 0 unspecified atom stereocenters. The van der Waals surface area contributed by atoms with Gasteiger partial charge in [0.05, 0.1) is 12.0 Å². The lowest BCUT2D eigenvalue weighted by Crippen LogP contribution is -2.44. The summed E-state index contributed by atoms with van der Waals surface area (Å²) in [5.41, 5.74) is 5.79. The molecule has 9 heteroatoms. The van der Waals surface area contributed by atoms with E-state index in [1.807, 2.05) is 6.07 Å². The van der Waals surface area contributed by atoms with Crippen LogP contribution in [0.5, 0.6) is 5.75 Å². The summed E-state index contributed by atoms with van der Waals surface area (Å²) in [5.74, 6) is 0.0393. The van der Waals surface area contributed by atoms with Gasteiger partial charge in [-0.25, -0.2) is 13.1 Å². The maximum absolute atomic E-state index is 12.8. The van der Waals surface area contributed by atoms with Crippen LogP contribution < -0.4 is 15.2 Å². The van der Waals surface area contributed by atoms with Crippen LogP contribution in [-0.2, 0) is 20.2 Å². The zero-order valence-corrected chi connectivity index (χ0v) is 17.6. The van der Waals surface area contributed by atoms with E-state index in [1.165, 1.54) is 24.3 Å². The highest BCUT2D eigenvalue weighted by molar-refractivity contribution is 7.89. The number of methoxy groups -OCH3 is 1. The van der Waals surface area contributed by atoms with Gasteiger partial charge < -0.3 is 15.2 Å². The summed E-state index contributed by atoms with van der Waals surface area (Å²) in [6.45, 7) is 1.17. The summed E-state index contributed by atoms with van der Waals surface area (Å²) >= 11 is 6.22. The van der Waals surface area contributed by atoms with Gasteiger partial charge in [-0.2, -0.15) is 0 Å². The van der Waals surface area contributed by atoms with E-state index in [-0.39, 0.29) is 17.0 Å². The van der Waals surface area contributed by atoms with Gasteiger partial charge in [-0.15, -0.1) is 0 Å². The number of hydrogen-bond acceptors (Lipinski definition) is 5. The number of nitrogens with one attached hydrogen (secondary N) is 1. The summed E-state index contributed by atoms with van der Waals surface area (Å²) in [6.07, 6.45) is 1.24. The summed E-state index contributed by atoms with van der Waals surface area (Å²) in [7, 11) is -2.22. The Morgan fingerprint density at radius 3 is 2.45 bits per heavy atom. The molecule has 1 heterocycles. The van der Waals surface area contributed by atoms with Crippen molar-refractivity contribution in [3.05, 3.63) is 58.6 Å². The summed E-state index contributed by atoms with van der Waals surface area (Å²) < 4.78 is 39.4. The second-order valence-corrected chi connectivity index (χ2v) is 9.15. The first-order valence-electron chi connectivity index (χ1n) is 9.09. The summed E-state index contributed by atoms with van der Waals surface area (Å²) in [5, 5.41) is 0.552. The molecule has 7 nitrogen and oxygen atoms in total. The topological polar surface area (TPSA) is 108 Å². The third-order valence-electron chi connectivity index (χ3n) is 5.23. The van der Waals surface area contributed by atoms with Crippen LogP contribution in [-0.4, -0.2) is 41.2 Å². The third-order valence-corrected chi connectivity index (χ3v) is 6.88. The molecule has 0 aromatic heterocycles. The molecule has 0 aliphatic carbocycles. The highest BCUT2D eigenvalue weighted by Crippen LogP contribution is 2.41. The van der Waals surface area contributed by atoms with E-state index < -0.39 is 21.3 Å². The Labute approximate surface area is 175 Å². The number of carbonyl (C=O) groups excluding carboxylic acids is 1. The smallest absolute Gasteiger partial charge is 0.248 e. The summed E-state index contributed by atoms with van der Waals surface area (Å²) in [4.78, 5) is 11.3. The van der Waals surface area contributed by atoms with Crippen LogP contribution in [0.25, 0.3) is 0 Å². The van der Waals surface area contributed by atoms with Crippen molar-refractivity contribution in [1.82, 2.24) is 4.72 Å². The van der Waals surface area contributed by atoms with E-state index in [1.54, 1.807) is 19.2 Å². The minimum absolute atomic E-state index is 0.0581. The maximum atomic E-state index is 12.8. The van der Waals surface area contributed by atoms with Crippen molar-refractivity contribution in [2.45, 2.75) is 23.2 Å². The fourth-order valence-electron chi connectivity index (χ4n) is 3.51. The quantitative estimate of drug-likeness (QED) is 0.690. The van der Waals surface area contributed by atoms with Crippen molar-refractivity contribution in [3.8, 4) is 5.75 Å². The van der Waals surface area contributed by atoms with E-state index in [4.69, 9.17) is 26.8 Å². The molecular formula is C20H23ClN2O5S. The monoisotopic (exact) mass is 438 g/mol. The van der Waals surface area contributed by atoms with Gasteiger partial charge >= 0.3 is 0 Å². The van der Waals surface area contributed by atoms with Gasteiger partial charge in [0.1, 0.15) is 5.75 Å². The number of nitrogens with two attached hydrogens (primary N) is 1. The van der Waals surface area contributed by atoms with Crippen LogP contribution in [0.2, 0.25) is 5.02 Å². The molecule has 2 aromatic rings. The molecule has 3 rings (SSSR count). The van der Waals surface area contributed by atoms with Crippen LogP contribution in [0.1, 0.15) is 28.8 Å². The lowest BCUT2D eigenvalue weighted by atomic mass is 9.74. The van der Waals surface area contributed by atoms with E-state index in [9.17, 15) is 13.2 Å². The zero-order valence-electron chi connectivity index (χ0n) is 16.0. The van der Waals surface area contributed by atoms with E-state index in [2.05, 4.69) is 4.72 Å². The fraction of sp³-hybridized carbons (Fsp3) is 0.350. The average molecular weight is 439 g/mol. The van der Waals surface area contributed by atoms with Crippen LogP contribution in [0.15, 0.2) is 47.4 Å². The number of hydrogen-bond donors (Lipinski definition) is 2. The standard InChI is InChI=1S/C20H23ClN2O5S/c1-27-18-7-4-15(21)12-17(18)20(8-10-28-11-9-20)13-23-29(25,26)16-5-2-14(3-6-16)19(22)24/h2-7,12,23H,8-11,13H2,1H3,(H2,22,24). The number of halogens is 1. The Hall–Kier alpha value is -2.13. The van der Waals surface area contributed by atoms with Crippen LogP contribution in [0.4, 0.5) is 0 Å². The van der Waals surface area contributed by atoms with Crippen molar-refractivity contribution < 1.29 is 22.7 Å². The molecule has 1 fully saturated rings. The van der Waals surface area contributed by atoms with Crippen molar-refractivity contribution >= 4 is 27.5 Å². The highest BCUT2D eigenvalue weighted by Gasteiger charge is 2.38. The predicted molar refractivity (Wildman–Crippen MR) is 110 cm³/mol. The normalized spacial score (nSPS) is 16.3. The lowest BCUT2D eigenvalue weighted by Gasteiger charge is -2.38. The van der Waals surface area contributed by atoms with Gasteiger partial charge in [-0.05, 0) is 55.3 Å². The van der Waals surface area contributed by atoms with Crippen molar-refractivity contribution in [2.24, 2.45) is 5.73 Å². The van der Waals surface area contributed by atoms with Crippen molar-refractivity contribution in [1.29, 1.82) is 0 Å². The van der Waals surface area contributed by atoms with Crippen molar-refractivity contribution in [2.75, 3.05) is 26.9 Å². The van der Waals surface area contributed by atoms with Crippen molar-refractivity contribution in [3.63, 3.8) is 0 Å². The third kappa shape index (κ3) is 4.72. The Morgan fingerprint density at radius 2 is 1.86 bits per heavy atom. The first-order valence-corrected chi connectivity index (χ1v) is 10.9. The molecule has 1 amide bonds. The Morgan fingerprint density at radius 1 is 1.21 bits per heavy atom. The molecule has 3 N–H and O–H groups in total. The van der Waals surface area contributed by atoms with E-state index in [0.717, 1.165) is 5.56 Å². The minimum atomic E-state index is -3.79. The first kappa shape index (κ1) is 21.6. The Kier molecular flexibility index (Phi) is 6.48. The molecular weight excluding hydrogens is 416 g/mol. The van der Waals surface area contributed by atoms with Crippen LogP contribution in [0.3, 0.4) is 0 Å². The van der Waals surface area contributed by atoms with Crippen LogP contribution >= 0.6 is 11.6 Å². The predicted octanol–water partition coefficient (Wildman–Crippen LogP) is 2.47. The molecule has 1 aliphatic rings. The minimum Gasteiger partial charge on any atom is -0.496 e. The lowest BCUT2D eigenvalue weighted by molar-refractivity contribution is 0.0509. The number of ether oxygens (including phenoxy) is 2. The number of sulfonamides is 1. The second kappa shape index (κ2) is 8.71. The highest BCUT2D eigenvalue weighted by atomic mass is 35.5. The van der Waals surface area contributed by atoms with Gasteiger partial charge in [0, 0.05) is 41.3 Å². The van der Waals surface area contributed by atoms with Gasteiger partial charge in [-0.1, -0.05) is 11.6 Å². The molecule has 156 valence electrons. The molecule has 1 aliphatic heterocycles. The van der Waals surface area contributed by atoms with Gasteiger partial charge in [0.25, 0.3) is 0 Å². The molecule has 0 saturated carbocycles. The van der Waals surface area contributed by atoms with Gasteiger partial charge in [0.2, 0.25) is 15.9 Å². The van der Waals surface area contributed by atoms with E-state index in [0.29, 0.717) is 36.8 Å². The van der Waals surface area contributed by atoms with Crippen LogP contribution in [0, 0.1) is 0 Å². The second-order valence-electron chi connectivity index (χ2n) is 6.95. The molecule has 0 spiro atoms. The molecule has 2 aromatic carbocycles. The van der Waals surface area contributed by atoms with Gasteiger partial charge in [-0.3, -0.25) is 4.79 Å². The molecule has 0 atom stereocenters.